The molecule has 9 heteroatoms. The van der Waals surface area contributed by atoms with Crippen LogP contribution in [0.5, 0.6) is 0 Å². The zero-order chi connectivity index (χ0) is 24.3. The van der Waals surface area contributed by atoms with Crippen LogP contribution in [-0.4, -0.2) is 40.5 Å². The van der Waals surface area contributed by atoms with E-state index in [9.17, 15) is 23.2 Å². The summed E-state index contributed by atoms with van der Waals surface area (Å²) < 4.78 is 26.6. The van der Waals surface area contributed by atoms with Gasteiger partial charge in [0.15, 0.2) is 5.78 Å². The smallest absolute Gasteiger partial charge is 0.320 e. The summed E-state index contributed by atoms with van der Waals surface area (Å²) in [5.74, 6) is -4.35. The number of hydrogen-bond acceptors (Lipinski definition) is 5. The molecule has 174 valence electrons. The zero-order valence-electron chi connectivity index (χ0n) is 17.8. The number of carboxylic acid groups (broad SMARTS) is 2. The van der Waals surface area contributed by atoms with E-state index in [1.807, 2.05) is 0 Å². The Hall–Kier alpha value is -3.17. The van der Waals surface area contributed by atoms with E-state index in [1.54, 1.807) is 12.1 Å². The van der Waals surface area contributed by atoms with Crippen LogP contribution >= 0.6 is 0 Å². The molecule has 0 aliphatic carbocycles. The quantitative estimate of drug-likeness (QED) is 0.320. The Morgan fingerprint density at radius 3 is 2.09 bits per heavy atom. The van der Waals surface area contributed by atoms with E-state index >= 15 is 0 Å². The topological polar surface area (TPSA) is 144 Å². The third kappa shape index (κ3) is 8.91. The summed E-state index contributed by atoms with van der Waals surface area (Å²) in [5, 5.41) is 17.1. The molecule has 32 heavy (non-hydrogen) atoms. The lowest BCUT2D eigenvalue weighted by molar-refractivity contribution is -0.141. The molecule has 7 nitrogen and oxygen atoms in total. The van der Waals surface area contributed by atoms with Crippen LogP contribution in [0.1, 0.15) is 43.0 Å². The predicted molar refractivity (Wildman–Crippen MR) is 116 cm³/mol. The molecular formula is C23H28F2N2O5. The van der Waals surface area contributed by atoms with Crippen molar-refractivity contribution in [2.24, 2.45) is 17.4 Å². The number of benzene rings is 2. The third-order valence-corrected chi connectivity index (χ3v) is 4.65. The molecule has 0 aliphatic heterocycles. The van der Waals surface area contributed by atoms with Gasteiger partial charge >= 0.3 is 11.9 Å². The fourth-order valence-corrected chi connectivity index (χ4v) is 2.67. The number of carbonyl (C=O) groups excluding carboxylic acids is 1. The highest BCUT2D eigenvalue weighted by atomic mass is 19.1. The van der Waals surface area contributed by atoms with E-state index < -0.39 is 35.5 Å². The summed E-state index contributed by atoms with van der Waals surface area (Å²) in [7, 11) is 0. The Labute approximate surface area is 185 Å². The van der Waals surface area contributed by atoms with Crippen molar-refractivity contribution in [3.63, 3.8) is 0 Å². The first kappa shape index (κ1) is 26.9. The first-order chi connectivity index (χ1) is 15.1. The average molecular weight is 450 g/mol. The van der Waals surface area contributed by atoms with Crippen molar-refractivity contribution >= 4 is 17.7 Å². The van der Waals surface area contributed by atoms with Gasteiger partial charge in [0.2, 0.25) is 0 Å². The maximum Gasteiger partial charge on any atom is 0.320 e. The average Bonchev–Trinajstić information content (AvgIpc) is 2.74. The van der Waals surface area contributed by atoms with Crippen molar-refractivity contribution in [1.82, 2.24) is 0 Å². The molecule has 0 bridgehead atoms. The summed E-state index contributed by atoms with van der Waals surface area (Å²) in [5.41, 5.74) is 11.5. The standard InChI is InChI=1S/C17H14F2O3.C6H14N2O2/c1-10(17(21)22)8-16(20)12-4-2-11(3-5-12)14-7-6-13(18)9-15(14)19;7-4-2-1-3-5(8)6(9)10/h2-7,9-10H,8H2,1H3,(H,21,22);5H,1-4,7-8H2,(H,9,10)/t;5-/m.0/s1. The van der Waals surface area contributed by atoms with Gasteiger partial charge in [-0.2, -0.15) is 0 Å². The minimum absolute atomic E-state index is 0.0976. The van der Waals surface area contributed by atoms with E-state index in [1.165, 1.54) is 25.1 Å². The van der Waals surface area contributed by atoms with E-state index in [0.29, 0.717) is 24.1 Å². The zero-order valence-corrected chi connectivity index (χ0v) is 17.8. The Kier molecular flexibility index (Phi) is 11.2. The van der Waals surface area contributed by atoms with Crippen molar-refractivity contribution in [2.75, 3.05) is 6.54 Å². The highest BCUT2D eigenvalue weighted by Gasteiger charge is 2.17. The van der Waals surface area contributed by atoms with Gasteiger partial charge in [0.05, 0.1) is 5.92 Å². The molecule has 6 N–H and O–H groups in total. The van der Waals surface area contributed by atoms with Crippen LogP contribution in [0.15, 0.2) is 42.5 Å². The molecule has 0 heterocycles. The summed E-state index contributed by atoms with van der Waals surface area (Å²) in [4.78, 5) is 32.8. The van der Waals surface area contributed by atoms with Crippen LogP contribution in [0.4, 0.5) is 8.78 Å². The molecule has 0 aliphatic rings. The lowest BCUT2D eigenvalue weighted by Gasteiger charge is -2.07. The van der Waals surface area contributed by atoms with Crippen molar-refractivity contribution in [1.29, 1.82) is 0 Å². The molecule has 0 spiro atoms. The number of hydrogen-bond donors (Lipinski definition) is 4. The molecule has 0 radical (unpaired) electrons. The van der Waals surface area contributed by atoms with Gasteiger partial charge in [0, 0.05) is 23.6 Å². The number of aliphatic carboxylic acids is 2. The molecule has 2 atom stereocenters. The largest absolute Gasteiger partial charge is 0.481 e. The summed E-state index contributed by atoms with van der Waals surface area (Å²) in [6.45, 7) is 2.06. The summed E-state index contributed by atoms with van der Waals surface area (Å²) >= 11 is 0. The molecule has 0 fully saturated rings. The van der Waals surface area contributed by atoms with Crippen LogP contribution in [0, 0.1) is 17.6 Å². The second-order valence-corrected chi connectivity index (χ2v) is 7.30. The first-order valence-corrected chi connectivity index (χ1v) is 10.1. The number of halogens is 2. The van der Waals surface area contributed by atoms with Gasteiger partial charge in [-0.15, -0.1) is 0 Å². The van der Waals surface area contributed by atoms with Gasteiger partial charge in [0.25, 0.3) is 0 Å². The summed E-state index contributed by atoms with van der Waals surface area (Å²) in [6.07, 6.45) is 2.07. The first-order valence-electron chi connectivity index (χ1n) is 10.1. The Balaban J connectivity index is 0.000000433. The second kappa shape index (κ2) is 13.3. The normalized spacial score (nSPS) is 12.3. The van der Waals surface area contributed by atoms with Gasteiger partial charge < -0.3 is 21.7 Å². The highest BCUT2D eigenvalue weighted by Crippen LogP contribution is 2.24. The number of carbonyl (C=O) groups is 3. The third-order valence-electron chi connectivity index (χ3n) is 4.65. The lowest BCUT2D eigenvalue weighted by Crippen LogP contribution is -2.29. The molecule has 2 rings (SSSR count). The second-order valence-electron chi connectivity index (χ2n) is 7.30. The number of unbranched alkanes of at least 4 members (excludes halogenated alkanes) is 1. The van der Waals surface area contributed by atoms with E-state index in [-0.39, 0.29) is 17.8 Å². The summed E-state index contributed by atoms with van der Waals surface area (Å²) in [6, 6.07) is 8.68. The molecule has 0 saturated carbocycles. The maximum absolute atomic E-state index is 13.7. The SMILES string of the molecule is CC(CC(=O)c1ccc(-c2ccc(F)cc2F)cc1)C(=O)O.NCCCC[C@H](N)C(=O)O. The van der Waals surface area contributed by atoms with Crippen LogP contribution in [0.3, 0.4) is 0 Å². The molecule has 0 saturated heterocycles. The molecule has 2 aromatic carbocycles. The van der Waals surface area contributed by atoms with Gasteiger partial charge in [-0.1, -0.05) is 37.6 Å². The predicted octanol–water partition coefficient (Wildman–Crippen LogP) is 3.45. The van der Waals surface area contributed by atoms with Crippen LogP contribution in [0.25, 0.3) is 11.1 Å². The van der Waals surface area contributed by atoms with Crippen LogP contribution < -0.4 is 11.5 Å². The van der Waals surface area contributed by atoms with Crippen LogP contribution in [-0.2, 0) is 9.59 Å². The molecular weight excluding hydrogens is 422 g/mol. The fourth-order valence-electron chi connectivity index (χ4n) is 2.67. The number of ketones is 1. The van der Waals surface area contributed by atoms with Gasteiger partial charge in [0.1, 0.15) is 17.7 Å². The minimum atomic E-state index is -1.03. The van der Waals surface area contributed by atoms with E-state index in [2.05, 4.69) is 0 Å². The van der Waals surface area contributed by atoms with Gasteiger partial charge in [-0.25, -0.2) is 8.78 Å². The van der Waals surface area contributed by atoms with E-state index in [4.69, 9.17) is 21.7 Å². The maximum atomic E-state index is 13.7. The van der Waals surface area contributed by atoms with Crippen molar-refractivity contribution < 1.29 is 33.4 Å². The van der Waals surface area contributed by atoms with Gasteiger partial charge in [-0.3, -0.25) is 14.4 Å². The highest BCUT2D eigenvalue weighted by molar-refractivity contribution is 5.98. The molecule has 1 unspecified atom stereocenters. The Morgan fingerprint density at radius 1 is 0.969 bits per heavy atom. The Bertz CT molecular complexity index is 919. The lowest BCUT2D eigenvalue weighted by atomic mass is 9.97. The molecule has 0 aromatic heterocycles. The Morgan fingerprint density at radius 2 is 1.59 bits per heavy atom. The fraction of sp³-hybridized carbons (Fsp3) is 0.348. The van der Waals surface area contributed by atoms with E-state index in [0.717, 1.165) is 25.0 Å². The monoisotopic (exact) mass is 450 g/mol. The number of carboxylic acids is 2. The van der Waals surface area contributed by atoms with Crippen molar-refractivity contribution in [3.05, 3.63) is 59.7 Å². The number of rotatable bonds is 10. The molecule has 2 aromatic rings. The van der Waals surface area contributed by atoms with Gasteiger partial charge in [-0.05, 0) is 37.1 Å². The number of nitrogens with two attached hydrogens (primary N) is 2. The molecule has 0 amide bonds. The van der Waals surface area contributed by atoms with Crippen molar-refractivity contribution in [3.8, 4) is 11.1 Å². The minimum Gasteiger partial charge on any atom is -0.481 e. The number of Topliss-reactive ketones (excluding diaryl/α,β-unsaturated/α-hetero) is 1. The van der Waals surface area contributed by atoms with Crippen molar-refractivity contribution in [2.45, 2.75) is 38.6 Å². The van der Waals surface area contributed by atoms with Crippen LogP contribution in [0.2, 0.25) is 0 Å².